The molecule has 0 aliphatic carbocycles. The molecule has 0 fully saturated rings. The Hall–Kier alpha value is -0.410. The number of methoxy groups -OCH3 is 1. The van der Waals surface area contributed by atoms with Crippen LogP contribution >= 0.6 is 0 Å². The average molecular weight is 104 g/mol. The lowest BCUT2D eigenvalue weighted by Gasteiger charge is -1.89. The topological polar surface area (TPSA) is 46.5 Å². The van der Waals surface area contributed by atoms with Gasteiger partial charge in [0.1, 0.15) is 13.2 Å². The van der Waals surface area contributed by atoms with E-state index in [9.17, 15) is 4.79 Å². The molecule has 0 aliphatic rings. The van der Waals surface area contributed by atoms with Gasteiger partial charge in [0, 0.05) is 7.11 Å². The van der Waals surface area contributed by atoms with Gasteiger partial charge in [-0.1, -0.05) is 0 Å². The summed E-state index contributed by atoms with van der Waals surface area (Å²) < 4.78 is 4.38. The van der Waals surface area contributed by atoms with Crippen molar-refractivity contribution in [3.8, 4) is 0 Å². The molecule has 1 N–H and O–H groups in total. The molecule has 0 aromatic carbocycles. The minimum Gasteiger partial charge on any atom is -0.388 e. The molecule has 0 radical (unpaired) electrons. The van der Waals surface area contributed by atoms with Crippen LogP contribution in [0.5, 0.6) is 0 Å². The molecular formula is C4H8O3. The van der Waals surface area contributed by atoms with Gasteiger partial charge in [0.05, 0.1) is 0 Å². The van der Waals surface area contributed by atoms with E-state index < -0.39 is 6.61 Å². The molecule has 0 spiro atoms. The number of hydrogen-bond acceptors (Lipinski definition) is 3. The van der Waals surface area contributed by atoms with E-state index in [1.54, 1.807) is 0 Å². The van der Waals surface area contributed by atoms with Crippen LogP contribution in [0, 0.1) is 0 Å². The Morgan fingerprint density at radius 2 is 2.43 bits per heavy atom. The number of aliphatic hydroxyl groups excluding tert-OH is 1. The first kappa shape index (κ1) is 6.59. The van der Waals surface area contributed by atoms with Crippen molar-refractivity contribution in [3.05, 3.63) is 0 Å². The summed E-state index contributed by atoms with van der Waals surface area (Å²) in [5, 5.41) is 8.04. The van der Waals surface area contributed by atoms with Crippen LogP contribution in [0.4, 0.5) is 0 Å². The van der Waals surface area contributed by atoms with E-state index in [1.807, 2.05) is 0 Å². The Morgan fingerprint density at radius 3 is 2.57 bits per heavy atom. The smallest absolute Gasteiger partial charge is 0.183 e. The third kappa shape index (κ3) is 3.42. The second-order valence-electron chi connectivity index (χ2n) is 1.13. The molecular weight excluding hydrogens is 96.0 g/mol. The van der Waals surface area contributed by atoms with Gasteiger partial charge in [-0.3, -0.25) is 4.79 Å². The minimum atomic E-state index is -0.423. The van der Waals surface area contributed by atoms with Crippen LogP contribution in [0.1, 0.15) is 0 Å². The van der Waals surface area contributed by atoms with Crippen molar-refractivity contribution >= 4 is 5.78 Å². The molecule has 7 heavy (non-hydrogen) atoms. The fourth-order valence-corrected chi connectivity index (χ4v) is 0.207. The Labute approximate surface area is 41.9 Å². The second-order valence-corrected chi connectivity index (χ2v) is 1.13. The number of ketones is 1. The van der Waals surface area contributed by atoms with Crippen molar-refractivity contribution in [1.29, 1.82) is 0 Å². The fourth-order valence-electron chi connectivity index (χ4n) is 0.207. The van der Waals surface area contributed by atoms with E-state index in [1.165, 1.54) is 7.11 Å². The third-order valence-corrected chi connectivity index (χ3v) is 0.482. The van der Waals surface area contributed by atoms with Crippen molar-refractivity contribution in [1.82, 2.24) is 0 Å². The maximum absolute atomic E-state index is 10.0. The van der Waals surface area contributed by atoms with Gasteiger partial charge in [-0.2, -0.15) is 0 Å². The SMILES string of the molecule is COCC(=O)CO. The fraction of sp³-hybridized carbons (Fsp3) is 0.750. The van der Waals surface area contributed by atoms with Crippen molar-refractivity contribution in [2.75, 3.05) is 20.3 Å². The summed E-state index contributed by atoms with van der Waals surface area (Å²) in [5.74, 6) is -0.289. The molecule has 0 aromatic heterocycles. The molecule has 3 nitrogen and oxygen atoms in total. The average Bonchev–Trinajstić information content (AvgIpc) is 1.68. The van der Waals surface area contributed by atoms with Crippen molar-refractivity contribution in [2.24, 2.45) is 0 Å². The molecule has 0 bridgehead atoms. The predicted octanol–water partition coefficient (Wildman–Crippen LogP) is -0.806. The largest absolute Gasteiger partial charge is 0.388 e. The van der Waals surface area contributed by atoms with Crippen molar-refractivity contribution in [3.63, 3.8) is 0 Å². The monoisotopic (exact) mass is 104 g/mol. The highest BCUT2D eigenvalue weighted by Gasteiger charge is 1.93. The second kappa shape index (κ2) is 3.77. The summed E-state index contributed by atoms with van der Waals surface area (Å²) in [6.45, 7) is -0.412. The van der Waals surface area contributed by atoms with Crippen LogP contribution in [0.2, 0.25) is 0 Å². The third-order valence-electron chi connectivity index (χ3n) is 0.482. The molecule has 0 saturated heterocycles. The van der Waals surface area contributed by atoms with Gasteiger partial charge in [-0.25, -0.2) is 0 Å². The first-order valence-electron chi connectivity index (χ1n) is 1.92. The van der Waals surface area contributed by atoms with Crippen LogP contribution in [-0.2, 0) is 9.53 Å². The number of Topliss-reactive ketones (excluding diaryl/α,β-unsaturated/α-hetero) is 1. The van der Waals surface area contributed by atoms with E-state index in [4.69, 9.17) is 5.11 Å². The molecule has 0 saturated carbocycles. The van der Waals surface area contributed by atoms with E-state index in [-0.39, 0.29) is 12.4 Å². The van der Waals surface area contributed by atoms with Crippen LogP contribution in [0.15, 0.2) is 0 Å². The Bertz CT molecular complexity index is 60.0. The summed E-state index contributed by atoms with van der Waals surface area (Å²) in [5.41, 5.74) is 0. The van der Waals surface area contributed by atoms with Crippen LogP contribution in [0.25, 0.3) is 0 Å². The van der Waals surface area contributed by atoms with Gasteiger partial charge >= 0.3 is 0 Å². The van der Waals surface area contributed by atoms with Gasteiger partial charge < -0.3 is 9.84 Å². The predicted molar refractivity (Wildman–Crippen MR) is 24.0 cm³/mol. The molecule has 0 atom stereocenters. The van der Waals surface area contributed by atoms with Crippen molar-refractivity contribution < 1.29 is 14.6 Å². The first-order chi connectivity index (χ1) is 3.31. The zero-order valence-electron chi connectivity index (χ0n) is 4.18. The number of hydrogen-bond donors (Lipinski definition) is 1. The quantitative estimate of drug-likeness (QED) is 0.509. The van der Waals surface area contributed by atoms with Crippen LogP contribution < -0.4 is 0 Å². The lowest BCUT2D eigenvalue weighted by molar-refractivity contribution is -0.125. The highest BCUT2D eigenvalue weighted by Crippen LogP contribution is 1.68. The van der Waals surface area contributed by atoms with Gasteiger partial charge in [0.25, 0.3) is 0 Å². The van der Waals surface area contributed by atoms with E-state index in [2.05, 4.69) is 4.74 Å². The molecule has 3 heteroatoms. The van der Waals surface area contributed by atoms with Crippen LogP contribution in [-0.4, -0.2) is 31.2 Å². The lowest BCUT2D eigenvalue weighted by Crippen LogP contribution is -2.10. The summed E-state index contributed by atoms with van der Waals surface area (Å²) in [6, 6.07) is 0. The van der Waals surface area contributed by atoms with Gasteiger partial charge in [-0.15, -0.1) is 0 Å². The molecule has 0 aromatic rings. The number of carbonyl (C=O) groups excluding carboxylic acids is 1. The summed E-state index contributed by atoms with van der Waals surface area (Å²) >= 11 is 0. The molecule has 0 amide bonds. The normalized spacial score (nSPS) is 8.86. The molecule has 0 aliphatic heterocycles. The van der Waals surface area contributed by atoms with E-state index in [0.29, 0.717) is 0 Å². The summed E-state index contributed by atoms with van der Waals surface area (Å²) in [4.78, 5) is 10.0. The van der Waals surface area contributed by atoms with Gasteiger partial charge in [-0.05, 0) is 0 Å². The molecule has 0 heterocycles. The Morgan fingerprint density at radius 1 is 1.86 bits per heavy atom. The van der Waals surface area contributed by atoms with E-state index >= 15 is 0 Å². The maximum atomic E-state index is 10.0. The summed E-state index contributed by atoms with van der Waals surface area (Å²) in [7, 11) is 1.41. The van der Waals surface area contributed by atoms with Gasteiger partial charge in [0.15, 0.2) is 5.78 Å². The molecule has 42 valence electrons. The highest BCUT2D eigenvalue weighted by molar-refractivity contribution is 5.80. The zero-order valence-corrected chi connectivity index (χ0v) is 4.18. The number of ether oxygens (including phenoxy) is 1. The number of aliphatic hydroxyl groups is 1. The standard InChI is InChI=1S/C4H8O3/c1-7-3-4(6)2-5/h5H,2-3H2,1H3. The van der Waals surface area contributed by atoms with Crippen LogP contribution in [0.3, 0.4) is 0 Å². The summed E-state index contributed by atoms with van der Waals surface area (Å²) in [6.07, 6.45) is 0. The Balaban J connectivity index is 3.00. The Kier molecular flexibility index (Phi) is 3.55. The number of rotatable bonds is 3. The van der Waals surface area contributed by atoms with E-state index in [0.717, 1.165) is 0 Å². The first-order valence-corrected chi connectivity index (χ1v) is 1.92. The van der Waals surface area contributed by atoms with Crippen molar-refractivity contribution in [2.45, 2.75) is 0 Å². The van der Waals surface area contributed by atoms with Gasteiger partial charge in [0.2, 0.25) is 0 Å². The number of carbonyl (C=O) groups is 1. The highest BCUT2D eigenvalue weighted by atomic mass is 16.5. The zero-order chi connectivity index (χ0) is 5.70. The maximum Gasteiger partial charge on any atom is 0.183 e. The molecule has 0 rings (SSSR count). The molecule has 0 unspecified atom stereocenters. The minimum absolute atomic E-state index is 0.0104. The lowest BCUT2D eigenvalue weighted by atomic mass is 10.5.